The van der Waals surface area contributed by atoms with Gasteiger partial charge in [-0.25, -0.2) is 9.48 Å². The minimum atomic E-state index is -0.616. The molecule has 2 atom stereocenters. The largest absolute Gasteiger partial charge is 0.444 e. The van der Waals surface area contributed by atoms with Crippen LogP contribution in [0.1, 0.15) is 52.1 Å². The van der Waals surface area contributed by atoms with Crippen LogP contribution in [0.2, 0.25) is 5.02 Å². The zero-order chi connectivity index (χ0) is 21.2. The monoisotopic (exact) mass is 420 g/mol. The van der Waals surface area contributed by atoms with E-state index in [1.807, 2.05) is 6.92 Å². The summed E-state index contributed by atoms with van der Waals surface area (Å²) in [6.07, 6.45) is 2.34. The Morgan fingerprint density at radius 1 is 1.34 bits per heavy atom. The molecule has 2 amide bonds. The summed E-state index contributed by atoms with van der Waals surface area (Å²) in [6, 6.07) is 4.35. The highest BCUT2D eigenvalue weighted by Crippen LogP contribution is 2.26. The van der Waals surface area contributed by atoms with Gasteiger partial charge in [-0.2, -0.15) is 0 Å². The predicted octanol–water partition coefficient (Wildman–Crippen LogP) is 2.89. The molecule has 1 aromatic carbocycles. The molecule has 3 rings (SSSR count). The number of tetrazole rings is 1. The van der Waals surface area contributed by atoms with Crippen molar-refractivity contribution in [2.45, 2.75) is 58.2 Å². The molecule has 0 spiro atoms. The maximum absolute atomic E-state index is 13.0. The number of ether oxygens (including phenoxy) is 1. The van der Waals surface area contributed by atoms with E-state index in [0.717, 1.165) is 12.0 Å². The molecule has 0 unspecified atom stereocenters. The molecule has 1 saturated heterocycles. The van der Waals surface area contributed by atoms with Gasteiger partial charge in [0.15, 0.2) is 0 Å². The summed E-state index contributed by atoms with van der Waals surface area (Å²) in [4.78, 5) is 26.9. The van der Waals surface area contributed by atoms with E-state index in [9.17, 15) is 9.59 Å². The van der Waals surface area contributed by atoms with Gasteiger partial charge < -0.3 is 10.1 Å². The van der Waals surface area contributed by atoms with Crippen molar-refractivity contribution in [2.75, 3.05) is 6.54 Å². The summed E-state index contributed by atoms with van der Waals surface area (Å²) < 4.78 is 6.95. The van der Waals surface area contributed by atoms with Crippen molar-refractivity contribution in [2.24, 2.45) is 0 Å². The Kier molecular flexibility index (Phi) is 6.07. The predicted molar refractivity (Wildman–Crippen MR) is 107 cm³/mol. The van der Waals surface area contributed by atoms with Crippen LogP contribution in [-0.4, -0.2) is 55.3 Å². The molecular formula is C19H25ClN6O3. The zero-order valence-electron chi connectivity index (χ0n) is 16.9. The number of benzene rings is 1. The Morgan fingerprint density at radius 3 is 2.76 bits per heavy atom. The van der Waals surface area contributed by atoms with E-state index in [2.05, 4.69) is 20.8 Å². The van der Waals surface area contributed by atoms with Crippen LogP contribution in [0.15, 0.2) is 24.5 Å². The number of aromatic nitrogens is 4. The molecule has 1 aliphatic heterocycles. The lowest BCUT2D eigenvalue weighted by Crippen LogP contribution is -2.48. The Hall–Kier alpha value is -2.68. The van der Waals surface area contributed by atoms with Crippen molar-refractivity contribution in [1.82, 2.24) is 30.4 Å². The van der Waals surface area contributed by atoms with Crippen LogP contribution in [-0.2, 0) is 9.53 Å². The molecule has 1 aliphatic rings. The number of halogens is 1. The first-order valence-electron chi connectivity index (χ1n) is 9.48. The number of hydrogen-bond donors (Lipinski definition) is 1. The number of nitrogens with zero attached hydrogens (tertiary/aromatic N) is 5. The molecule has 0 bridgehead atoms. The molecule has 10 heteroatoms. The molecule has 1 N–H and O–H groups in total. The summed E-state index contributed by atoms with van der Waals surface area (Å²) in [5.74, 6) is -0.233. The Morgan fingerprint density at radius 2 is 2.10 bits per heavy atom. The van der Waals surface area contributed by atoms with E-state index in [1.165, 1.54) is 15.9 Å². The molecule has 1 fully saturated rings. The third-order valence-electron chi connectivity index (χ3n) is 4.59. The average molecular weight is 421 g/mol. The van der Waals surface area contributed by atoms with Gasteiger partial charge in [-0.05, 0) is 69.2 Å². The minimum Gasteiger partial charge on any atom is -0.444 e. The van der Waals surface area contributed by atoms with E-state index < -0.39 is 17.7 Å². The lowest BCUT2D eigenvalue weighted by atomic mass is 10.1. The Balaban J connectivity index is 1.75. The van der Waals surface area contributed by atoms with Gasteiger partial charge in [-0.1, -0.05) is 11.6 Å². The molecule has 2 aromatic rings. The lowest BCUT2D eigenvalue weighted by Gasteiger charge is -2.29. The van der Waals surface area contributed by atoms with Crippen LogP contribution in [0.25, 0.3) is 5.69 Å². The van der Waals surface area contributed by atoms with E-state index >= 15 is 0 Å². The normalized spacial score (nSPS) is 17.8. The molecular weight excluding hydrogens is 396 g/mol. The fraction of sp³-hybridized carbons (Fsp3) is 0.526. The van der Waals surface area contributed by atoms with Crippen LogP contribution in [0.5, 0.6) is 0 Å². The first kappa shape index (κ1) is 21.0. The third kappa shape index (κ3) is 5.03. The maximum atomic E-state index is 13.0. The molecule has 1 aromatic heterocycles. The fourth-order valence-electron chi connectivity index (χ4n) is 3.32. The second kappa shape index (κ2) is 8.36. The second-order valence-electron chi connectivity index (χ2n) is 8.02. The van der Waals surface area contributed by atoms with E-state index in [-0.39, 0.29) is 11.9 Å². The van der Waals surface area contributed by atoms with Gasteiger partial charge in [0.25, 0.3) is 0 Å². The van der Waals surface area contributed by atoms with Crippen LogP contribution in [0.4, 0.5) is 4.79 Å². The summed E-state index contributed by atoms with van der Waals surface area (Å²) >= 11 is 6.17. The Bertz CT molecular complexity index is 881. The van der Waals surface area contributed by atoms with Gasteiger partial charge in [0, 0.05) is 17.1 Å². The smallest absolute Gasteiger partial charge is 0.410 e. The van der Waals surface area contributed by atoms with Gasteiger partial charge >= 0.3 is 6.09 Å². The Labute approximate surface area is 174 Å². The summed E-state index contributed by atoms with van der Waals surface area (Å²) in [6.45, 7) is 7.76. The van der Waals surface area contributed by atoms with Crippen LogP contribution < -0.4 is 5.32 Å². The molecule has 156 valence electrons. The topological polar surface area (TPSA) is 102 Å². The number of hydrogen-bond acceptors (Lipinski definition) is 6. The van der Waals surface area contributed by atoms with Crippen molar-refractivity contribution >= 4 is 23.6 Å². The molecule has 2 heterocycles. The van der Waals surface area contributed by atoms with Crippen molar-refractivity contribution in [3.8, 4) is 5.69 Å². The molecule has 0 radical (unpaired) electrons. The van der Waals surface area contributed by atoms with Crippen molar-refractivity contribution in [1.29, 1.82) is 0 Å². The van der Waals surface area contributed by atoms with Gasteiger partial charge in [0.2, 0.25) is 5.91 Å². The molecule has 0 saturated carbocycles. The van der Waals surface area contributed by atoms with Crippen LogP contribution in [0, 0.1) is 0 Å². The highest BCUT2D eigenvalue weighted by molar-refractivity contribution is 6.30. The standard InChI is InChI=1S/C19H25ClN6O3/c1-12(14-10-13(20)7-8-15(14)26-11-21-23-24-26)22-17(27)16-6-5-9-25(16)18(28)29-19(2,3)4/h7-8,10-12,16H,5-6,9H2,1-4H3,(H,22,27)/t12-,16+/m1/s1. The van der Waals surface area contributed by atoms with E-state index in [1.54, 1.807) is 39.0 Å². The van der Waals surface area contributed by atoms with Crippen molar-refractivity contribution in [3.63, 3.8) is 0 Å². The molecule has 0 aliphatic carbocycles. The summed E-state index contributed by atoms with van der Waals surface area (Å²) in [7, 11) is 0. The number of carbonyl (C=O) groups is 2. The lowest BCUT2D eigenvalue weighted by molar-refractivity contribution is -0.126. The SMILES string of the molecule is C[C@@H](NC(=O)[C@@H]1CCCN1C(=O)OC(C)(C)C)c1cc(Cl)ccc1-n1cnnn1. The first-order valence-corrected chi connectivity index (χ1v) is 9.86. The highest BCUT2D eigenvalue weighted by Gasteiger charge is 2.37. The van der Waals surface area contributed by atoms with Crippen LogP contribution in [0.3, 0.4) is 0 Å². The second-order valence-corrected chi connectivity index (χ2v) is 8.46. The number of nitrogens with one attached hydrogen (secondary N) is 1. The van der Waals surface area contributed by atoms with Gasteiger partial charge in [-0.3, -0.25) is 9.69 Å². The highest BCUT2D eigenvalue weighted by atomic mass is 35.5. The van der Waals surface area contributed by atoms with E-state index in [4.69, 9.17) is 16.3 Å². The molecule has 29 heavy (non-hydrogen) atoms. The number of amides is 2. The number of carbonyl (C=O) groups excluding carboxylic acids is 2. The maximum Gasteiger partial charge on any atom is 0.410 e. The van der Waals surface area contributed by atoms with Crippen molar-refractivity contribution < 1.29 is 14.3 Å². The minimum absolute atomic E-state index is 0.233. The third-order valence-corrected chi connectivity index (χ3v) is 4.83. The number of rotatable bonds is 4. The summed E-state index contributed by atoms with van der Waals surface area (Å²) in [5.41, 5.74) is 0.859. The average Bonchev–Trinajstić information content (AvgIpc) is 3.32. The quantitative estimate of drug-likeness (QED) is 0.815. The van der Waals surface area contributed by atoms with E-state index in [0.29, 0.717) is 23.7 Å². The van der Waals surface area contributed by atoms with Gasteiger partial charge in [0.1, 0.15) is 18.0 Å². The summed E-state index contributed by atoms with van der Waals surface area (Å²) in [5, 5.41) is 14.8. The number of likely N-dealkylation sites (tertiary alicyclic amines) is 1. The van der Waals surface area contributed by atoms with Gasteiger partial charge in [-0.15, -0.1) is 5.10 Å². The van der Waals surface area contributed by atoms with Gasteiger partial charge in [0.05, 0.1) is 11.7 Å². The van der Waals surface area contributed by atoms with Crippen molar-refractivity contribution in [3.05, 3.63) is 35.1 Å². The molecule has 9 nitrogen and oxygen atoms in total. The fourth-order valence-corrected chi connectivity index (χ4v) is 3.50. The van der Waals surface area contributed by atoms with Crippen LogP contribution >= 0.6 is 11.6 Å². The zero-order valence-corrected chi connectivity index (χ0v) is 17.7. The first-order chi connectivity index (χ1) is 13.7.